The lowest BCUT2D eigenvalue weighted by atomic mass is 9.99. The fourth-order valence-electron chi connectivity index (χ4n) is 2.46. The van der Waals surface area contributed by atoms with Crippen molar-refractivity contribution in [3.05, 3.63) is 29.8 Å². The topological polar surface area (TPSA) is 37.4 Å². The van der Waals surface area contributed by atoms with Crippen LogP contribution in [-0.2, 0) is 10.0 Å². The first-order chi connectivity index (χ1) is 9.05. The van der Waals surface area contributed by atoms with Crippen LogP contribution in [0, 0.1) is 0 Å². The third-order valence-electron chi connectivity index (χ3n) is 4.01. The van der Waals surface area contributed by atoms with Gasteiger partial charge in [0.2, 0.25) is 10.0 Å². The van der Waals surface area contributed by atoms with Crippen molar-refractivity contribution in [1.29, 1.82) is 0 Å². The predicted molar refractivity (Wildman–Crippen MR) is 77.8 cm³/mol. The number of piperidine rings is 1. The van der Waals surface area contributed by atoms with E-state index >= 15 is 0 Å². The molecule has 1 aliphatic rings. The molecule has 4 heteroatoms. The Balaban J connectivity index is 2.21. The Hall–Kier alpha value is -0.870. The molecular formula is C15H23NO2S. The number of rotatable bonds is 4. The Morgan fingerprint density at radius 1 is 1.11 bits per heavy atom. The van der Waals surface area contributed by atoms with Gasteiger partial charge in [0.1, 0.15) is 0 Å². The SMILES string of the molecule is CC[C@H](C)c1ccc(S(=O)(=O)N2CCCCC2)cc1. The molecule has 2 rings (SSSR count). The molecule has 0 aromatic heterocycles. The monoisotopic (exact) mass is 281 g/mol. The van der Waals surface area contributed by atoms with Crippen LogP contribution in [-0.4, -0.2) is 25.8 Å². The molecule has 0 aliphatic carbocycles. The minimum absolute atomic E-state index is 0.432. The molecule has 0 N–H and O–H groups in total. The van der Waals surface area contributed by atoms with Gasteiger partial charge in [-0.1, -0.05) is 32.4 Å². The molecule has 1 aromatic carbocycles. The highest BCUT2D eigenvalue weighted by atomic mass is 32.2. The number of hydrogen-bond donors (Lipinski definition) is 0. The minimum atomic E-state index is -3.28. The maximum Gasteiger partial charge on any atom is 0.243 e. The standard InChI is InChI=1S/C15H23NO2S/c1-3-13(2)14-7-9-15(10-8-14)19(17,18)16-11-5-4-6-12-16/h7-10,13H,3-6,11-12H2,1-2H3/t13-/m0/s1. The first-order valence-corrected chi connectivity index (χ1v) is 8.60. The van der Waals surface area contributed by atoms with E-state index < -0.39 is 10.0 Å². The number of nitrogens with zero attached hydrogens (tertiary/aromatic N) is 1. The Bertz CT molecular complexity index is 501. The summed E-state index contributed by atoms with van der Waals surface area (Å²) in [4.78, 5) is 0.432. The number of benzene rings is 1. The average molecular weight is 281 g/mol. The second-order valence-corrected chi connectivity index (χ2v) is 7.28. The van der Waals surface area contributed by atoms with Crippen molar-refractivity contribution in [2.75, 3.05) is 13.1 Å². The summed E-state index contributed by atoms with van der Waals surface area (Å²) in [5.41, 5.74) is 1.21. The van der Waals surface area contributed by atoms with Crippen LogP contribution in [0.1, 0.15) is 51.0 Å². The van der Waals surface area contributed by atoms with Crippen molar-refractivity contribution in [2.45, 2.75) is 50.3 Å². The van der Waals surface area contributed by atoms with E-state index in [1.807, 2.05) is 12.1 Å². The molecule has 106 valence electrons. The molecule has 0 amide bonds. The maximum absolute atomic E-state index is 12.5. The Morgan fingerprint density at radius 3 is 2.21 bits per heavy atom. The van der Waals surface area contributed by atoms with Gasteiger partial charge in [0.25, 0.3) is 0 Å². The lowest BCUT2D eigenvalue weighted by molar-refractivity contribution is 0.346. The Labute approximate surface area is 116 Å². The summed E-state index contributed by atoms with van der Waals surface area (Å²) in [7, 11) is -3.28. The van der Waals surface area contributed by atoms with Gasteiger partial charge in [-0.2, -0.15) is 4.31 Å². The smallest absolute Gasteiger partial charge is 0.207 e. The molecule has 1 heterocycles. The van der Waals surface area contributed by atoms with Crippen LogP contribution in [0.4, 0.5) is 0 Å². The molecule has 1 atom stereocenters. The normalized spacial score (nSPS) is 19.3. The van der Waals surface area contributed by atoms with E-state index in [-0.39, 0.29) is 0 Å². The zero-order valence-corrected chi connectivity index (χ0v) is 12.6. The highest BCUT2D eigenvalue weighted by Gasteiger charge is 2.25. The Kier molecular flexibility index (Phi) is 4.63. The van der Waals surface area contributed by atoms with Crippen LogP contribution in [0.5, 0.6) is 0 Å². The van der Waals surface area contributed by atoms with E-state index in [0.717, 1.165) is 25.7 Å². The summed E-state index contributed by atoms with van der Waals surface area (Å²) in [6.07, 6.45) is 4.16. The molecule has 0 spiro atoms. The lowest BCUT2D eigenvalue weighted by Crippen LogP contribution is -2.35. The van der Waals surface area contributed by atoms with E-state index in [1.165, 1.54) is 5.56 Å². The molecule has 0 saturated carbocycles. The summed E-state index contributed by atoms with van der Waals surface area (Å²) < 4.78 is 26.5. The molecule has 1 fully saturated rings. The predicted octanol–water partition coefficient (Wildman–Crippen LogP) is 3.37. The second kappa shape index (κ2) is 6.06. The van der Waals surface area contributed by atoms with Crippen LogP contribution in [0.2, 0.25) is 0 Å². The van der Waals surface area contributed by atoms with Crippen molar-refractivity contribution >= 4 is 10.0 Å². The minimum Gasteiger partial charge on any atom is -0.207 e. The maximum atomic E-state index is 12.5. The van der Waals surface area contributed by atoms with Crippen molar-refractivity contribution in [2.24, 2.45) is 0 Å². The molecule has 0 radical (unpaired) electrons. The summed E-state index contributed by atoms with van der Waals surface area (Å²) in [5.74, 6) is 0.478. The van der Waals surface area contributed by atoms with Gasteiger partial charge in [-0.05, 0) is 42.9 Å². The fraction of sp³-hybridized carbons (Fsp3) is 0.600. The van der Waals surface area contributed by atoms with E-state index in [9.17, 15) is 8.42 Å². The molecule has 1 saturated heterocycles. The van der Waals surface area contributed by atoms with Crippen molar-refractivity contribution in [3.63, 3.8) is 0 Å². The van der Waals surface area contributed by atoms with Crippen LogP contribution >= 0.6 is 0 Å². The summed E-state index contributed by atoms with van der Waals surface area (Å²) in [6.45, 7) is 5.63. The fourth-order valence-corrected chi connectivity index (χ4v) is 3.98. The average Bonchev–Trinajstić information content (AvgIpc) is 2.47. The quantitative estimate of drug-likeness (QED) is 0.848. The highest BCUT2D eigenvalue weighted by molar-refractivity contribution is 7.89. The molecule has 1 aromatic rings. The van der Waals surface area contributed by atoms with E-state index in [2.05, 4.69) is 13.8 Å². The van der Waals surface area contributed by atoms with E-state index in [1.54, 1.807) is 16.4 Å². The van der Waals surface area contributed by atoms with Gasteiger partial charge in [-0.25, -0.2) is 8.42 Å². The van der Waals surface area contributed by atoms with Crippen LogP contribution in [0.15, 0.2) is 29.2 Å². The van der Waals surface area contributed by atoms with Crippen molar-refractivity contribution in [3.8, 4) is 0 Å². The zero-order chi connectivity index (χ0) is 13.9. The molecular weight excluding hydrogens is 258 g/mol. The lowest BCUT2D eigenvalue weighted by Gasteiger charge is -2.26. The molecule has 19 heavy (non-hydrogen) atoms. The van der Waals surface area contributed by atoms with Crippen LogP contribution in [0.3, 0.4) is 0 Å². The van der Waals surface area contributed by atoms with Crippen LogP contribution in [0.25, 0.3) is 0 Å². The van der Waals surface area contributed by atoms with Gasteiger partial charge in [0.05, 0.1) is 4.90 Å². The van der Waals surface area contributed by atoms with Crippen LogP contribution < -0.4 is 0 Å². The first-order valence-electron chi connectivity index (χ1n) is 7.16. The van der Waals surface area contributed by atoms with Crippen molar-refractivity contribution in [1.82, 2.24) is 4.31 Å². The summed E-state index contributed by atoms with van der Waals surface area (Å²) in [5, 5.41) is 0. The summed E-state index contributed by atoms with van der Waals surface area (Å²) in [6, 6.07) is 7.41. The third-order valence-corrected chi connectivity index (χ3v) is 5.93. The second-order valence-electron chi connectivity index (χ2n) is 5.34. The Morgan fingerprint density at radius 2 is 1.68 bits per heavy atom. The number of hydrogen-bond acceptors (Lipinski definition) is 2. The van der Waals surface area contributed by atoms with Gasteiger partial charge in [-0.15, -0.1) is 0 Å². The number of sulfonamides is 1. The third kappa shape index (κ3) is 3.18. The van der Waals surface area contributed by atoms with Gasteiger partial charge >= 0.3 is 0 Å². The molecule has 1 aliphatic heterocycles. The largest absolute Gasteiger partial charge is 0.243 e. The molecule has 0 unspecified atom stereocenters. The van der Waals surface area contributed by atoms with Gasteiger partial charge in [-0.3, -0.25) is 0 Å². The van der Waals surface area contributed by atoms with Gasteiger partial charge in [0, 0.05) is 13.1 Å². The van der Waals surface area contributed by atoms with E-state index in [0.29, 0.717) is 23.9 Å². The molecule has 0 bridgehead atoms. The molecule has 3 nitrogen and oxygen atoms in total. The van der Waals surface area contributed by atoms with Crippen molar-refractivity contribution < 1.29 is 8.42 Å². The van der Waals surface area contributed by atoms with Gasteiger partial charge < -0.3 is 0 Å². The summed E-state index contributed by atoms with van der Waals surface area (Å²) >= 11 is 0. The zero-order valence-electron chi connectivity index (χ0n) is 11.8. The van der Waals surface area contributed by atoms with Gasteiger partial charge in [0.15, 0.2) is 0 Å². The first kappa shape index (κ1) is 14.5. The van der Waals surface area contributed by atoms with E-state index in [4.69, 9.17) is 0 Å². The highest BCUT2D eigenvalue weighted by Crippen LogP contribution is 2.24.